The van der Waals surface area contributed by atoms with Gasteiger partial charge in [0, 0.05) is 25.2 Å². The highest BCUT2D eigenvalue weighted by Gasteiger charge is 2.43. The molecule has 5 nitrogen and oxygen atoms in total. The summed E-state index contributed by atoms with van der Waals surface area (Å²) in [5.74, 6) is -1.16. The average Bonchev–Trinajstić information content (AvgIpc) is 2.50. The molecular weight excluding hydrogens is 208 g/mol. The molecule has 0 aromatic rings. The summed E-state index contributed by atoms with van der Waals surface area (Å²) in [4.78, 5) is 27.3. The number of carbonyl (C=O) groups excluding carboxylic acids is 2. The highest BCUT2D eigenvalue weighted by molar-refractivity contribution is 6.32. The molecule has 0 N–H and O–H groups in total. The van der Waals surface area contributed by atoms with Crippen molar-refractivity contribution in [3.05, 3.63) is 0 Å². The number of rotatable bonds is 1. The van der Waals surface area contributed by atoms with Crippen LogP contribution in [-0.2, 0) is 14.3 Å². The Balaban J connectivity index is 2.05. The third kappa shape index (κ3) is 1.91. The van der Waals surface area contributed by atoms with Crippen LogP contribution >= 0.6 is 0 Å². The van der Waals surface area contributed by atoms with Crippen LogP contribution in [0.2, 0.25) is 0 Å². The smallest absolute Gasteiger partial charge is 0.397 e. The summed E-state index contributed by atoms with van der Waals surface area (Å²) in [6.07, 6.45) is 2.00. The van der Waals surface area contributed by atoms with Gasteiger partial charge < -0.3 is 14.5 Å². The van der Waals surface area contributed by atoms with Crippen molar-refractivity contribution >= 4 is 11.9 Å². The maximum Gasteiger partial charge on any atom is 0.397 e. The fourth-order valence-electron chi connectivity index (χ4n) is 2.74. The van der Waals surface area contributed by atoms with Gasteiger partial charge in [-0.2, -0.15) is 0 Å². The molecule has 90 valence electrons. The number of likely N-dealkylation sites (tertiary alicyclic amines) is 1. The van der Waals surface area contributed by atoms with E-state index in [9.17, 15) is 9.59 Å². The zero-order valence-electron chi connectivity index (χ0n) is 9.81. The Bertz CT molecular complexity index is 292. The minimum absolute atomic E-state index is 0.195. The molecule has 0 aromatic carbocycles. The highest BCUT2D eigenvalue weighted by atomic mass is 16.5. The number of piperazine rings is 1. The monoisotopic (exact) mass is 226 g/mol. The summed E-state index contributed by atoms with van der Waals surface area (Å²) in [6, 6.07) is 0.390. The summed E-state index contributed by atoms with van der Waals surface area (Å²) < 4.78 is 4.76. The van der Waals surface area contributed by atoms with E-state index >= 15 is 0 Å². The van der Waals surface area contributed by atoms with Crippen molar-refractivity contribution in [1.82, 2.24) is 9.80 Å². The van der Waals surface area contributed by atoms with Crippen LogP contribution in [0.3, 0.4) is 0 Å². The van der Waals surface area contributed by atoms with E-state index in [1.165, 1.54) is 0 Å². The van der Waals surface area contributed by atoms with Gasteiger partial charge in [0.2, 0.25) is 0 Å². The van der Waals surface area contributed by atoms with Crippen LogP contribution in [0, 0.1) is 0 Å². The Morgan fingerprint density at radius 2 is 1.81 bits per heavy atom. The summed E-state index contributed by atoms with van der Waals surface area (Å²) >= 11 is 0. The molecule has 2 aliphatic rings. The molecule has 2 rings (SSSR count). The van der Waals surface area contributed by atoms with Crippen LogP contribution in [-0.4, -0.2) is 60.5 Å². The number of hydrogen-bond donors (Lipinski definition) is 0. The number of fused-ring (bicyclic) bond motifs is 2. The molecule has 16 heavy (non-hydrogen) atoms. The van der Waals surface area contributed by atoms with Gasteiger partial charge in [-0.25, -0.2) is 4.79 Å². The fraction of sp³-hybridized carbons (Fsp3) is 0.818. The lowest BCUT2D eigenvalue weighted by molar-refractivity contribution is -0.162. The number of likely N-dealkylation sites (N-methyl/N-ethyl adjacent to an activating group) is 1. The van der Waals surface area contributed by atoms with E-state index in [2.05, 4.69) is 11.9 Å². The maximum absolute atomic E-state index is 11.9. The minimum Gasteiger partial charge on any atom is -0.459 e. The molecule has 2 saturated heterocycles. The molecule has 0 aliphatic carbocycles. The molecule has 0 radical (unpaired) electrons. The second kappa shape index (κ2) is 4.41. The first-order valence-corrected chi connectivity index (χ1v) is 5.81. The largest absolute Gasteiger partial charge is 0.459 e. The standard InChI is InChI=1S/C11H18N2O3/c1-3-16-11(15)10(14)13-8-4-5-9(13)7-12(2)6-8/h8-9H,3-7H2,1-2H3. The van der Waals surface area contributed by atoms with Gasteiger partial charge in [-0.3, -0.25) is 4.79 Å². The molecule has 1 amide bonds. The Morgan fingerprint density at radius 3 is 2.31 bits per heavy atom. The summed E-state index contributed by atoms with van der Waals surface area (Å²) in [6.45, 7) is 3.70. The Hall–Kier alpha value is -1.10. The molecule has 0 aromatic heterocycles. The van der Waals surface area contributed by atoms with E-state index in [1.54, 1.807) is 11.8 Å². The van der Waals surface area contributed by atoms with Crippen LogP contribution < -0.4 is 0 Å². The molecular formula is C11H18N2O3. The predicted molar refractivity (Wildman–Crippen MR) is 57.8 cm³/mol. The van der Waals surface area contributed by atoms with Crippen LogP contribution in [0.5, 0.6) is 0 Å². The third-order valence-corrected chi connectivity index (χ3v) is 3.35. The molecule has 2 unspecified atom stereocenters. The number of amides is 1. The van der Waals surface area contributed by atoms with Crippen molar-refractivity contribution in [3.8, 4) is 0 Å². The van der Waals surface area contributed by atoms with E-state index in [-0.39, 0.29) is 18.7 Å². The Morgan fingerprint density at radius 1 is 1.25 bits per heavy atom. The number of esters is 1. The van der Waals surface area contributed by atoms with Crippen molar-refractivity contribution in [2.24, 2.45) is 0 Å². The molecule has 2 aliphatic heterocycles. The second-order valence-electron chi connectivity index (χ2n) is 4.54. The van der Waals surface area contributed by atoms with Crippen molar-refractivity contribution in [1.29, 1.82) is 0 Å². The van der Waals surface area contributed by atoms with E-state index in [4.69, 9.17) is 4.74 Å². The highest BCUT2D eigenvalue weighted by Crippen LogP contribution is 2.29. The molecule has 0 saturated carbocycles. The Kier molecular flexibility index (Phi) is 3.14. The lowest BCUT2D eigenvalue weighted by atomic mass is 10.2. The average molecular weight is 226 g/mol. The van der Waals surface area contributed by atoms with Crippen LogP contribution in [0.1, 0.15) is 19.8 Å². The predicted octanol–water partition coefficient (Wildman–Crippen LogP) is -0.146. The quantitative estimate of drug-likeness (QED) is 0.461. The maximum atomic E-state index is 11.9. The lowest BCUT2D eigenvalue weighted by Gasteiger charge is -2.38. The fourth-order valence-corrected chi connectivity index (χ4v) is 2.74. The zero-order valence-corrected chi connectivity index (χ0v) is 9.81. The first-order chi connectivity index (χ1) is 7.63. The summed E-state index contributed by atoms with van der Waals surface area (Å²) in [5, 5.41) is 0. The zero-order chi connectivity index (χ0) is 11.7. The van der Waals surface area contributed by atoms with Crippen LogP contribution in [0.4, 0.5) is 0 Å². The molecule has 2 atom stereocenters. The van der Waals surface area contributed by atoms with E-state index in [0.717, 1.165) is 25.9 Å². The van der Waals surface area contributed by atoms with E-state index < -0.39 is 11.9 Å². The first-order valence-electron chi connectivity index (χ1n) is 5.81. The van der Waals surface area contributed by atoms with Gasteiger partial charge in [-0.1, -0.05) is 0 Å². The van der Waals surface area contributed by atoms with Crippen molar-refractivity contribution < 1.29 is 14.3 Å². The van der Waals surface area contributed by atoms with Gasteiger partial charge in [-0.05, 0) is 26.8 Å². The summed E-state index contributed by atoms with van der Waals surface area (Å²) in [5.41, 5.74) is 0. The number of ether oxygens (including phenoxy) is 1. The van der Waals surface area contributed by atoms with Gasteiger partial charge in [-0.15, -0.1) is 0 Å². The van der Waals surface area contributed by atoms with Crippen molar-refractivity contribution in [2.45, 2.75) is 31.8 Å². The number of hydrogen-bond acceptors (Lipinski definition) is 4. The number of carbonyl (C=O) groups is 2. The third-order valence-electron chi connectivity index (χ3n) is 3.35. The molecule has 2 bridgehead atoms. The lowest BCUT2D eigenvalue weighted by Crippen LogP contribution is -2.56. The Labute approximate surface area is 95.3 Å². The van der Waals surface area contributed by atoms with Gasteiger partial charge in [0.15, 0.2) is 0 Å². The number of nitrogens with zero attached hydrogens (tertiary/aromatic N) is 2. The molecule has 2 heterocycles. The molecule has 2 fully saturated rings. The summed E-state index contributed by atoms with van der Waals surface area (Å²) in [7, 11) is 2.05. The van der Waals surface area contributed by atoms with Gasteiger partial charge >= 0.3 is 11.9 Å². The topological polar surface area (TPSA) is 49.9 Å². The van der Waals surface area contributed by atoms with Crippen LogP contribution in [0.25, 0.3) is 0 Å². The minimum atomic E-state index is -0.705. The van der Waals surface area contributed by atoms with Gasteiger partial charge in [0.25, 0.3) is 0 Å². The normalized spacial score (nSPS) is 29.2. The van der Waals surface area contributed by atoms with Gasteiger partial charge in [0.05, 0.1) is 6.61 Å². The van der Waals surface area contributed by atoms with Gasteiger partial charge in [0.1, 0.15) is 0 Å². The van der Waals surface area contributed by atoms with E-state index in [0.29, 0.717) is 0 Å². The first kappa shape index (κ1) is 11.4. The second-order valence-corrected chi connectivity index (χ2v) is 4.54. The van der Waals surface area contributed by atoms with E-state index in [1.807, 2.05) is 0 Å². The van der Waals surface area contributed by atoms with Crippen molar-refractivity contribution in [3.63, 3.8) is 0 Å². The van der Waals surface area contributed by atoms with Crippen LogP contribution in [0.15, 0.2) is 0 Å². The molecule has 0 spiro atoms. The van der Waals surface area contributed by atoms with Crippen molar-refractivity contribution in [2.75, 3.05) is 26.7 Å². The molecule has 5 heteroatoms. The SMILES string of the molecule is CCOC(=O)C(=O)N1C2CCC1CN(C)C2.